The Bertz CT molecular complexity index is 1410. The van der Waals surface area contributed by atoms with Crippen LogP contribution in [-0.4, -0.2) is 21.7 Å². The maximum atomic E-state index is 12.7. The molecule has 0 amide bonds. The maximum absolute atomic E-state index is 12.7. The van der Waals surface area contributed by atoms with Gasteiger partial charge < -0.3 is 9.94 Å². The van der Waals surface area contributed by atoms with Crippen LogP contribution in [0.1, 0.15) is 29.8 Å². The van der Waals surface area contributed by atoms with E-state index in [1.54, 1.807) is 36.4 Å². The molecule has 0 radical (unpaired) electrons. The van der Waals surface area contributed by atoms with E-state index in [1.807, 2.05) is 36.4 Å². The number of rotatable bonds is 5. The first-order valence-electron chi connectivity index (χ1n) is 10.4. The Morgan fingerprint density at radius 2 is 1.65 bits per heavy atom. The second kappa shape index (κ2) is 9.62. The van der Waals surface area contributed by atoms with Crippen LogP contribution >= 0.6 is 11.6 Å². The SMILES string of the molecule is CC(=O)Oc1c(-c2ccccc2)n(C(C)=O)c2cc([NH+]([O-])O)c(C(Cl)=Cc3ccccc3)cc12. The van der Waals surface area contributed by atoms with E-state index in [0.29, 0.717) is 22.2 Å². The van der Waals surface area contributed by atoms with Gasteiger partial charge in [-0.15, -0.1) is 0 Å². The van der Waals surface area contributed by atoms with Crippen molar-refractivity contribution in [3.05, 3.63) is 89.1 Å². The van der Waals surface area contributed by atoms with Gasteiger partial charge in [0.2, 0.25) is 5.91 Å². The van der Waals surface area contributed by atoms with Crippen molar-refractivity contribution in [2.45, 2.75) is 13.8 Å². The van der Waals surface area contributed by atoms with Crippen LogP contribution in [0.2, 0.25) is 0 Å². The van der Waals surface area contributed by atoms with E-state index in [-0.39, 0.29) is 27.9 Å². The number of aromatic nitrogens is 1. The Kier molecular flexibility index (Phi) is 6.63. The maximum Gasteiger partial charge on any atom is 0.308 e. The molecule has 7 nitrogen and oxygen atoms in total. The summed E-state index contributed by atoms with van der Waals surface area (Å²) < 4.78 is 6.93. The molecule has 0 saturated carbocycles. The van der Waals surface area contributed by atoms with Gasteiger partial charge in [-0.2, -0.15) is 5.23 Å². The van der Waals surface area contributed by atoms with E-state index < -0.39 is 11.2 Å². The number of carbonyl (C=O) groups excluding carboxylic acids is 2. The van der Waals surface area contributed by atoms with Crippen molar-refractivity contribution in [2.75, 3.05) is 0 Å². The van der Waals surface area contributed by atoms with Crippen molar-refractivity contribution < 1.29 is 24.8 Å². The summed E-state index contributed by atoms with van der Waals surface area (Å²) in [6, 6.07) is 21.1. The Balaban J connectivity index is 2.09. The molecule has 1 aromatic heterocycles. The van der Waals surface area contributed by atoms with Gasteiger partial charge in [-0.1, -0.05) is 72.3 Å². The third-order valence-electron chi connectivity index (χ3n) is 5.25. The Labute approximate surface area is 200 Å². The molecule has 0 aliphatic heterocycles. The molecule has 1 heterocycles. The summed E-state index contributed by atoms with van der Waals surface area (Å²) in [5, 5.41) is 21.5. The zero-order chi connectivity index (χ0) is 24.4. The summed E-state index contributed by atoms with van der Waals surface area (Å²) in [6.45, 7) is 2.63. The van der Waals surface area contributed by atoms with Gasteiger partial charge in [0.1, 0.15) is 0 Å². The van der Waals surface area contributed by atoms with Crippen molar-refractivity contribution in [3.8, 4) is 17.0 Å². The highest BCUT2D eigenvalue weighted by molar-refractivity contribution is 6.51. The molecule has 4 rings (SSSR count). The zero-order valence-corrected chi connectivity index (χ0v) is 19.2. The Morgan fingerprint density at radius 1 is 1.03 bits per heavy atom. The fourth-order valence-electron chi connectivity index (χ4n) is 3.88. The summed E-state index contributed by atoms with van der Waals surface area (Å²) in [7, 11) is 0. The number of nitrogens with one attached hydrogen (secondary N) is 1. The highest BCUT2D eigenvalue weighted by Crippen LogP contribution is 2.43. The molecule has 0 saturated heterocycles. The van der Waals surface area contributed by atoms with Gasteiger partial charge in [0, 0.05) is 30.9 Å². The van der Waals surface area contributed by atoms with Crippen LogP contribution in [0, 0.1) is 5.21 Å². The molecular weight excluding hydrogens is 456 g/mol. The summed E-state index contributed by atoms with van der Waals surface area (Å²) in [5.74, 6) is -0.780. The lowest BCUT2D eigenvalue weighted by Gasteiger charge is -2.16. The number of carbonyl (C=O) groups is 2. The minimum atomic E-state index is -1.21. The third-order valence-corrected chi connectivity index (χ3v) is 5.56. The molecular formula is C26H21ClN2O5. The Morgan fingerprint density at radius 3 is 2.21 bits per heavy atom. The molecule has 8 heteroatoms. The van der Waals surface area contributed by atoms with E-state index >= 15 is 0 Å². The second-order valence-electron chi connectivity index (χ2n) is 7.61. The lowest BCUT2D eigenvalue weighted by atomic mass is 10.1. The largest absolute Gasteiger partial charge is 0.595 e. The molecule has 34 heavy (non-hydrogen) atoms. The minimum absolute atomic E-state index is 0.0846. The van der Waals surface area contributed by atoms with Gasteiger partial charge in [-0.3, -0.25) is 14.2 Å². The zero-order valence-electron chi connectivity index (χ0n) is 18.4. The second-order valence-corrected chi connectivity index (χ2v) is 8.02. The average molecular weight is 477 g/mol. The van der Waals surface area contributed by atoms with Crippen LogP contribution < -0.4 is 9.96 Å². The van der Waals surface area contributed by atoms with Crippen LogP contribution in [0.15, 0.2) is 72.8 Å². The number of nitrogens with zero attached hydrogens (tertiary/aromatic N) is 1. The van der Waals surface area contributed by atoms with Crippen LogP contribution in [0.5, 0.6) is 5.75 Å². The van der Waals surface area contributed by atoms with Gasteiger partial charge in [0.25, 0.3) is 0 Å². The van der Waals surface area contributed by atoms with Crippen LogP contribution in [0.3, 0.4) is 0 Å². The first-order valence-corrected chi connectivity index (χ1v) is 10.8. The van der Waals surface area contributed by atoms with Crippen molar-refractivity contribution in [3.63, 3.8) is 0 Å². The van der Waals surface area contributed by atoms with Crippen LogP contribution in [0.25, 0.3) is 33.3 Å². The molecule has 0 aliphatic carbocycles. The smallest absolute Gasteiger partial charge is 0.308 e. The molecule has 3 aromatic carbocycles. The molecule has 0 aliphatic rings. The minimum Gasteiger partial charge on any atom is -0.595 e. The quantitative estimate of drug-likeness (QED) is 0.239. The van der Waals surface area contributed by atoms with E-state index in [0.717, 1.165) is 5.56 Å². The van der Waals surface area contributed by atoms with Crippen LogP contribution in [0.4, 0.5) is 5.69 Å². The molecule has 0 spiro atoms. The van der Waals surface area contributed by atoms with E-state index in [9.17, 15) is 20.0 Å². The number of hydrogen-bond donors (Lipinski definition) is 2. The standard InChI is InChI=1S/C26H21ClN2O5/c1-16(30)28-23-15-24(29(32)33)20(22(27)13-18-9-5-3-6-10-18)14-21(23)26(34-17(2)31)25(28)19-11-7-4-8-12-19/h3-15,29,32H,1-2H3. The molecule has 172 valence electrons. The normalized spacial score (nSPS) is 12.6. The van der Waals surface area contributed by atoms with E-state index in [4.69, 9.17) is 16.3 Å². The molecule has 0 fully saturated rings. The van der Waals surface area contributed by atoms with Gasteiger partial charge >= 0.3 is 5.97 Å². The van der Waals surface area contributed by atoms with Gasteiger partial charge in [-0.05, 0) is 17.7 Å². The number of esters is 1. The lowest BCUT2D eigenvalue weighted by molar-refractivity contribution is -0.991. The Hall–Kier alpha value is -3.75. The van der Waals surface area contributed by atoms with Crippen molar-refractivity contribution in [1.29, 1.82) is 0 Å². The van der Waals surface area contributed by atoms with Gasteiger partial charge in [0.05, 0.1) is 21.8 Å². The summed E-state index contributed by atoms with van der Waals surface area (Å²) >= 11 is 6.59. The number of halogens is 1. The monoisotopic (exact) mass is 476 g/mol. The summed E-state index contributed by atoms with van der Waals surface area (Å²) in [4.78, 5) is 24.7. The van der Waals surface area contributed by atoms with Crippen molar-refractivity contribution in [1.82, 2.24) is 4.57 Å². The lowest BCUT2D eigenvalue weighted by Crippen LogP contribution is -2.99. The number of ether oxygens (including phenoxy) is 1. The fourth-order valence-corrected chi connectivity index (χ4v) is 4.17. The molecule has 2 N–H and O–H groups in total. The van der Waals surface area contributed by atoms with E-state index in [1.165, 1.54) is 24.5 Å². The highest BCUT2D eigenvalue weighted by Gasteiger charge is 2.27. The number of hydrogen-bond acceptors (Lipinski definition) is 5. The number of fused-ring (bicyclic) bond motifs is 1. The molecule has 1 unspecified atom stereocenters. The summed E-state index contributed by atoms with van der Waals surface area (Å²) in [6.07, 6.45) is 1.65. The van der Waals surface area contributed by atoms with E-state index in [2.05, 4.69) is 0 Å². The predicted octanol–water partition coefficient (Wildman–Crippen LogP) is 5.03. The molecule has 4 aromatic rings. The molecule has 1 atom stereocenters. The van der Waals surface area contributed by atoms with Gasteiger partial charge in [-0.25, -0.2) is 5.21 Å². The number of quaternary nitrogens is 1. The summed E-state index contributed by atoms with van der Waals surface area (Å²) in [5.41, 5.74) is 2.23. The number of benzene rings is 3. The molecule has 0 bridgehead atoms. The predicted molar refractivity (Wildman–Crippen MR) is 131 cm³/mol. The van der Waals surface area contributed by atoms with Crippen molar-refractivity contribution in [2.24, 2.45) is 0 Å². The topological polar surface area (TPSA) is 96.0 Å². The first-order chi connectivity index (χ1) is 16.3. The van der Waals surface area contributed by atoms with Gasteiger partial charge in [0.15, 0.2) is 11.4 Å². The fraction of sp³-hybridized carbons (Fsp3) is 0.0769. The highest BCUT2D eigenvalue weighted by atomic mass is 35.5. The average Bonchev–Trinajstić information content (AvgIpc) is 3.12. The first kappa shape index (κ1) is 23.4. The van der Waals surface area contributed by atoms with Crippen molar-refractivity contribution >= 4 is 51.2 Å². The van der Waals surface area contributed by atoms with Crippen LogP contribution in [-0.2, 0) is 4.79 Å². The third kappa shape index (κ3) is 4.50.